The van der Waals surface area contributed by atoms with Gasteiger partial charge in [-0.2, -0.15) is 0 Å². The normalized spacial score (nSPS) is 18.7. The Labute approximate surface area is 282 Å². The Morgan fingerprint density at radius 3 is 2.31 bits per heavy atom. The third-order valence-electron chi connectivity index (χ3n) is 10.2. The highest BCUT2D eigenvalue weighted by Crippen LogP contribution is 2.26. The number of ether oxygens (including phenoxy) is 1. The monoisotopic (exact) mass is 655 g/mol. The van der Waals surface area contributed by atoms with Crippen molar-refractivity contribution >= 4 is 17.7 Å². The van der Waals surface area contributed by atoms with E-state index in [-0.39, 0.29) is 17.6 Å². The fraction of sp³-hybridized carbons (Fsp3) is 0.486. The van der Waals surface area contributed by atoms with Crippen LogP contribution in [0.3, 0.4) is 0 Å². The zero-order valence-electron chi connectivity index (χ0n) is 28.0. The van der Waals surface area contributed by atoms with Crippen LogP contribution in [0, 0.1) is 6.92 Å². The third-order valence-corrected chi connectivity index (χ3v) is 10.2. The van der Waals surface area contributed by atoms with Crippen LogP contribution in [-0.2, 0) is 16.0 Å². The van der Waals surface area contributed by atoms with E-state index in [1.807, 2.05) is 66.6 Å². The summed E-state index contributed by atoms with van der Waals surface area (Å²) in [5.41, 5.74) is 10.4. The smallest absolute Gasteiger partial charge is 0.410 e. The number of carbonyl (C=O) groups excluding carboxylic acids is 2. The zero-order chi connectivity index (χ0) is 33.5. The molecule has 1 atom stereocenters. The lowest BCUT2D eigenvalue weighted by molar-refractivity contribution is -0.142. The molecule has 2 aromatic carbocycles. The number of aromatic nitrogens is 2. The lowest BCUT2D eigenvalue weighted by atomic mass is 9.98. The summed E-state index contributed by atoms with van der Waals surface area (Å²) >= 11 is 0. The first-order chi connectivity index (χ1) is 23.4. The van der Waals surface area contributed by atoms with Crippen LogP contribution in [0.1, 0.15) is 62.1 Å². The molecule has 4 heterocycles. The van der Waals surface area contributed by atoms with Crippen LogP contribution in [-0.4, -0.2) is 87.7 Å². The van der Waals surface area contributed by atoms with Gasteiger partial charge in [0.05, 0.1) is 11.4 Å². The van der Waals surface area contributed by atoms with E-state index < -0.39 is 12.2 Å². The number of hydrazine groups is 1. The Balaban J connectivity index is 1.10. The molecule has 6 rings (SSSR count). The molecule has 3 aliphatic heterocycles. The standard InChI is InChI=1S/C37H49N7O4/c1-3-38-40-32-13-12-28(24-27(32)2)25-34(35(45)42-20-14-30(15-21-42)41-18-8-5-9-19-41)48-37(47)43-22-16-31(17-23-43)44-26-33(39-36(44)46)29-10-6-4-7-11-29/h3-4,6-7,10-13,24,26,30-31,34,38,40H,1,5,8-9,14-23,25H2,2H3,(H,39,46)/t34-/m1/s1. The molecule has 1 aromatic heterocycles. The summed E-state index contributed by atoms with van der Waals surface area (Å²) in [6, 6.07) is 16.2. The molecule has 256 valence electrons. The summed E-state index contributed by atoms with van der Waals surface area (Å²) in [5, 5.41) is 0. The van der Waals surface area contributed by atoms with Gasteiger partial charge in [-0.05, 0) is 81.3 Å². The number of aryl methyl sites for hydroxylation is 1. The van der Waals surface area contributed by atoms with E-state index in [2.05, 4.69) is 27.3 Å². The lowest BCUT2D eigenvalue weighted by Crippen LogP contribution is -2.52. The minimum absolute atomic E-state index is 0.0282. The average molecular weight is 656 g/mol. The minimum Gasteiger partial charge on any atom is -0.436 e. The van der Waals surface area contributed by atoms with E-state index in [0.29, 0.717) is 51.5 Å². The number of nitrogens with zero attached hydrogens (tertiary/aromatic N) is 4. The van der Waals surface area contributed by atoms with Gasteiger partial charge in [-0.15, -0.1) is 0 Å². The average Bonchev–Trinajstić information content (AvgIpc) is 3.53. The number of imidazole rings is 1. The molecule has 3 fully saturated rings. The quantitative estimate of drug-likeness (QED) is 0.261. The number of benzene rings is 2. The largest absolute Gasteiger partial charge is 0.436 e. The van der Waals surface area contributed by atoms with Gasteiger partial charge in [0.15, 0.2) is 6.10 Å². The first-order valence-corrected chi connectivity index (χ1v) is 17.5. The highest BCUT2D eigenvalue weighted by Gasteiger charge is 2.35. The van der Waals surface area contributed by atoms with E-state index in [0.717, 1.165) is 54.0 Å². The van der Waals surface area contributed by atoms with Crippen LogP contribution < -0.4 is 16.5 Å². The lowest BCUT2D eigenvalue weighted by Gasteiger charge is -2.41. The van der Waals surface area contributed by atoms with Gasteiger partial charge in [0.25, 0.3) is 5.91 Å². The number of hydrogen-bond donors (Lipinski definition) is 3. The Morgan fingerprint density at radius 1 is 0.938 bits per heavy atom. The van der Waals surface area contributed by atoms with Crippen molar-refractivity contribution in [3.05, 3.63) is 89.1 Å². The highest BCUT2D eigenvalue weighted by molar-refractivity contribution is 5.84. The van der Waals surface area contributed by atoms with Crippen LogP contribution >= 0.6 is 0 Å². The van der Waals surface area contributed by atoms with Crippen LogP contribution in [0.5, 0.6) is 0 Å². The Kier molecular flexibility index (Phi) is 10.8. The number of rotatable bonds is 10. The predicted octanol–water partition coefficient (Wildman–Crippen LogP) is 5.07. The second-order valence-corrected chi connectivity index (χ2v) is 13.3. The number of likely N-dealkylation sites (tertiary alicyclic amines) is 3. The summed E-state index contributed by atoms with van der Waals surface area (Å²) in [7, 11) is 0. The van der Waals surface area contributed by atoms with E-state index in [4.69, 9.17) is 4.74 Å². The Hall–Kier alpha value is -4.51. The van der Waals surface area contributed by atoms with Crippen molar-refractivity contribution < 1.29 is 14.3 Å². The van der Waals surface area contributed by atoms with Crippen molar-refractivity contribution in [1.82, 2.24) is 29.7 Å². The maximum Gasteiger partial charge on any atom is 0.410 e. The fourth-order valence-electron chi connectivity index (χ4n) is 7.42. The van der Waals surface area contributed by atoms with Crippen molar-refractivity contribution in [2.24, 2.45) is 0 Å². The number of amides is 2. The molecule has 3 aromatic rings. The molecule has 11 nitrogen and oxygen atoms in total. The Morgan fingerprint density at radius 2 is 1.62 bits per heavy atom. The molecule has 0 spiro atoms. The zero-order valence-corrected chi connectivity index (χ0v) is 28.0. The first kappa shape index (κ1) is 33.4. The first-order valence-electron chi connectivity index (χ1n) is 17.5. The molecule has 3 aliphatic rings. The van der Waals surface area contributed by atoms with Crippen molar-refractivity contribution in [2.75, 3.05) is 44.7 Å². The topological polar surface area (TPSA) is 115 Å². The molecule has 3 saturated heterocycles. The predicted molar refractivity (Wildman–Crippen MR) is 187 cm³/mol. The van der Waals surface area contributed by atoms with Crippen LogP contribution in [0.15, 0.2) is 72.3 Å². The van der Waals surface area contributed by atoms with Gasteiger partial charge >= 0.3 is 11.8 Å². The van der Waals surface area contributed by atoms with E-state index in [9.17, 15) is 14.4 Å². The summed E-state index contributed by atoms with van der Waals surface area (Å²) in [4.78, 5) is 49.6. The summed E-state index contributed by atoms with van der Waals surface area (Å²) in [6.45, 7) is 10.2. The minimum atomic E-state index is -0.924. The van der Waals surface area contributed by atoms with E-state index >= 15 is 0 Å². The van der Waals surface area contributed by atoms with Gasteiger partial charge in [-0.1, -0.05) is 55.5 Å². The van der Waals surface area contributed by atoms with Gasteiger partial charge in [0.2, 0.25) is 0 Å². The van der Waals surface area contributed by atoms with Gasteiger partial charge < -0.3 is 35.3 Å². The summed E-state index contributed by atoms with van der Waals surface area (Å²) in [5.74, 6) is -0.129. The van der Waals surface area contributed by atoms with Gasteiger partial charge in [0, 0.05) is 57.1 Å². The summed E-state index contributed by atoms with van der Waals surface area (Å²) < 4.78 is 7.83. The number of aromatic amines is 1. The molecule has 3 N–H and O–H groups in total. The fourth-order valence-corrected chi connectivity index (χ4v) is 7.42. The second-order valence-electron chi connectivity index (χ2n) is 13.3. The second kappa shape index (κ2) is 15.6. The van der Waals surface area contributed by atoms with Crippen molar-refractivity contribution in [3.8, 4) is 11.3 Å². The van der Waals surface area contributed by atoms with Gasteiger partial charge in [-0.3, -0.25) is 9.36 Å². The third kappa shape index (κ3) is 7.95. The molecule has 11 heteroatoms. The van der Waals surface area contributed by atoms with Crippen LogP contribution in [0.4, 0.5) is 10.5 Å². The number of carbonyl (C=O) groups is 2. The van der Waals surface area contributed by atoms with Crippen LogP contribution in [0.2, 0.25) is 0 Å². The SMILES string of the molecule is C=CNNc1ccc(C[C@@H](OC(=O)N2CCC(n3cc(-c4ccccc4)[nH]c3=O)CC2)C(=O)N2CCC(N3CCCCC3)CC2)cc1C. The van der Waals surface area contributed by atoms with Crippen molar-refractivity contribution in [2.45, 2.75) is 76.5 Å². The molecule has 0 radical (unpaired) electrons. The number of anilines is 1. The number of nitrogens with one attached hydrogen (secondary N) is 3. The van der Waals surface area contributed by atoms with Crippen molar-refractivity contribution in [3.63, 3.8) is 0 Å². The van der Waals surface area contributed by atoms with Crippen LogP contribution in [0.25, 0.3) is 11.3 Å². The molecule has 0 saturated carbocycles. The number of H-pyrrole nitrogens is 1. The molecule has 48 heavy (non-hydrogen) atoms. The number of piperidine rings is 3. The maximum absolute atomic E-state index is 14.0. The highest BCUT2D eigenvalue weighted by atomic mass is 16.6. The molecular formula is C37H49N7O4. The maximum atomic E-state index is 14.0. The van der Waals surface area contributed by atoms with Gasteiger partial charge in [0.1, 0.15) is 0 Å². The summed E-state index contributed by atoms with van der Waals surface area (Å²) in [6.07, 6.45) is 9.27. The van der Waals surface area contributed by atoms with Crippen molar-refractivity contribution in [1.29, 1.82) is 0 Å². The molecule has 0 aliphatic carbocycles. The van der Waals surface area contributed by atoms with Gasteiger partial charge in [-0.25, -0.2) is 9.59 Å². The molecule has 0 unspecified atom stereocenters. The molecule has 2 amide bonds. The Bertz CT molecular complexity index is 1600. The van der Waals surface area contributed by atoms with E-state index in [1.165, 1.54) is 19.3 Å². The van der Waals surface area contributed by atoms with E-state index in [1.54, 1.807) is 15.7 Å². The number of hydrogen-bond acceptors (Lipinski definition) is 7. The molecule has 0 bridgehead atoms. The molecular weight excluding hydrogens is 606 g/mol.